The normalized spacial score (nSPS) is 16.6. The molecule has 0 aliphatic rings. The van der Waals surface area contributed by atoms with Crippen LogP contribution in [0, 0.1) is 0 Å². The SMILES string of the molecule is CC/C=C\C(=NC)C(O)C(F)(F)F. The molecule has 0 aliphatic heterocycles. The van der Waals surface area contributed by atoms with E-state index in [2.05, 4.69) is 4.99 Å². The predicted molar refractivity (Wildman–Crippen MR) is 44.9 cm³/mol. The van der Waals surface area contributed by atoms with Gasteiger partial charge < -0.3 is 5.11 Å². The summed E-state index contributed by atoms with van der Waals surface area (Å²) in [4.78, 5) is 3.35. The van der Waals surface area contributed by atoms with Gasteiger partial charge in [-0.1, -0.05) is 13.0 Å². The molecule has 1 unspecified atom stereocenters. The standard InChI is InChI=1S/C8H12F3NO/c1-3-4-5-6(12-2)7(13)8(9,10)11/h4-5,7,13H,3H2,1-2H3/b5-4-,12-6?. The van der Waals surface area contributed by atoms with Crippen LogP contribution in [0.1, 0.15) is 13.3 Å². The molecule has 1 N–H and O–H groups in total. The molecule has 5 heteroatoms. The summed E-state index contributed by atoms with van der Waals surface area (Å²) in [7, 11) is 1.21. The van der Waals surface area contributed by atoms with Crippen LogP contribution in [0.25, 0.3) is 0 Å². The maximum absolute atomic E-state index is 11.9. The molecular weight excluding hydrogens is 183 g/mol. The maximum atomic E-state index is 11.9. The number of aliphatic hydroxyl groups is 1. The Morgan fingerprint density at radius 3 is 2.38 bits per heavy atom. The second kappa shape index (κ2) is 5.01. The van der Waals surface area contributed by atoms with E-state index in [1.807, 2.05) is 0 Å². The fraction of sp³-hybridized carbons (Fsp3) is 0.625. The van der Waals surface area contributed by atoms with Gasteiger partial charge in [0.2, 0.25) is 0 Å². The molecule has 1 atom stereocenters. The number of halogens is 3. The summed E-state index contributed by atoms with van der Waals surface area (Å²) >= 11 is 0. The Morgan fingerprint density at radius 2 is 2.08 bits per heavy atom. The van der Waals surface area contributed by atoms with E-state index >= 15 is 0 Å². The molecule has 76 valence electrons. The molecule has 0 amide bonds. The van der Waals surface area contributed by atoms with Gasteiger partial charge in [0.05, 0.1) is 5.71 Å². The van der Waals surface area contributed by atoms with Crippen molar-refractivity contribution in [3.05, 3.63) is 12.2 Å². The highest BCUT2D eigenvalue weighted by Gasteiger charge is 2.40. The first-order valence-corrected chi connectivity index (χ1v) is 3.81. The van der Waals surface area contributed by atoms with Crippen molar-refractivity contribution in [1.82, 2.24) is 0 Å². The second-order valence-corrected chi connectivity index (χ2v) is 2.40. The largest absolute Gasteiger partial charge is 0.420 e. The van der Waals surface area contributed by atoms with Crippen LogP contribution in [0.15, 0.2) is 17.1 Å². The van der Waals surface area contributed by atoms with Crippen LogP contribution in [0.5, 0.6) is 0 Å². The van der Waals surface area contributed by atoms with Crippen molar-refractivity contribution in [3.8, 4) is 0 Å². The number of aliphatic hydroxyl groups excluding tert-OH is 1. The van der Waals surface area contributed by atoms with Crippen molar-refractivity contribution in [3.63, 3.8) is 0 Å². The molecule has 2 nitrogen and oxygen atoms in total. The highest BCUT2D eigenvalue weighted by molar-refractivity contribution is 5.98. The van der Waals surface area contributed by atoms with Gasteiger partial charge in [-0.3, -0.25) is 4.99 Å². The van der Waals surface area contributed by atoms with Crippen LogP contribution >= 0.6 is 0 Å². The molecule has 0 aromatic rings. The summed E-state index contributed by atoms with van der Waals surface area (Å²) in [5.74, 6) is 0. The van der Waals surface area contributed by atoms with Crippen LogP contribution in [0.2, 0.25) is 0 Å². The molecule has 0 aliphatic carbocycles. The van der Waals surface area contributed by atoms with Gasteiger partial charge >= 0.3 is 6.18 Å². The Hall–Kier alpha value is -0.840. The lowest BCUT2D eigenvalue weighted by Crippen LogP contribution is -2.35. The zero-order valence-electron chi connectivity index (χ0n) is 7.47. The first kappa shape index (κ1) is 12.2. The van der Waals surface area contributed by atoms with Gasteiger partial charge in [0, 0.05) is 7.05 Å². The summed E-state index contributed by atoms with van der Waals surface area (Å²) in [5, 5.41) is 8.77. The minimum absolute atomic E-state index is 0.366. The molecule has 0 saturated carbocycles. The van der Waals surface area contributed by atoms with E-state index in [1.165, 1.54) is 19.2 Å². The summed E-state index contributed by atoms with van der Waals surface area (Å²) in [5.41, 5.74) is -0.366. The smallest absolute Gasteiger partial charge is 0.378 e. The van der Waals surface area contributed by atoms with E-state index < -0.39 is 12.3 Å². The third kappa shape index (κ3) is 4.07. The van der Waals surface area contributed by atoms with Crippen LogP contribution in [0.4, 0.5) is 13.2 Å². The first-order valence-electron chi connectivity index (χ1n) is 3.81. The van der Waals surface area contributed by atoms with Crippen LogP contribution in [-0.2, 0) is 0 Å². The lowest BCUT2D eigenvalue weighted by Gasteiger charge is -2.13. The fourth-order valence-corrected chi connectivity index (χ4v) is 0.694. The third-order valence-corrected chi connectivity index (χ3v) is 1.37. The molecule has 13 heavy (non-hydrogen) atoms. The van der Waals surface area contributed by atoms with Crippen LogP contribution in [0.3, 0.4) is 0 Å². The van der Waals surface area contributed by atoms with Gasteiger partial charge in [0.25, 0.3) is 0 Å². The number of nitrogens with zero attached hydrogens (tertiary/aromatic N) is 1. The quantitative estimate of drug-likeness (QED) is 0.686. The Bertz CT molecular complexity index is 208. The highest BCUT2D eigenvalue weighted by Crippen LogP contribution is 2.21. The number of aliphatic imine (C=N–C) groups is 1. The van der Waals surface area contributed by atoms with Crippen molar-refractivity contribution in [2.24, 2.45) is 4.99 Å². The molecule has 0 saturated heterocycles. The molecule has 0 spiro atoms. The highest BCUT2D eigenvalue weighted by atomic mass is 19.4. The minimum Gasteiger partial charge on any atom is -0.378 e. The summed E-state index contributed by atoms with van der Waals surface area (Å²) in [6, 6.07) is 0. The first-order chi connectivity index (χ1) is 5.93. The Kier molecular flexibility index (Phi) is 4.69. The zero-order chi connectivity index (χ0) is 10.5. The molecule has 0 aromatic heterocycles. The van der Waals surface area contributed by atoms with Crippen LogP contribution < -0.4 is 0 Å². The van der Waals surface area contributed by atoms with Crippen molar-refractivity contribution in [2.75, 3.05) is 7.05 Å². The van der Waals surface area contributed by atoms with Crippen molar-refractivity contribution in [2.45, 2.75) is 25.6 Å². The maximum Gasteiger partial charge on any atom is 0.420 e. The average Bonchev–Trinajstić information content (AvgIpc) is 2.04. The molecule has 0 heterocycles. The topological polar surface area (TPSA) is 32.6 Å². The van der Waals surface area contributed by atoms with Crippen LogP contribution in [-0.4, -0.2) is 30.1 Å². The number of rotatable bonds is 3. The Labute approximate surface area is 74.8 Å². The van der Waals surface area contributed by atoms with E-state index in [0.29, 0.717) is 6.42 Å². The monoisotopic (exact) mass is 195 g/mol. The van der Waals surface area contributed by atoms with E-state index in [9.17, 15) is 13.2 Å². The van der Waals surface area contributed by atoms with Gasteiger partial charge in [-0.25, -0.2) is 0 Å². The van der Waals surface area contributed by atoms with E-state index in [4.69, 9.17) is 5.11 Å². The predicted octanol–water partition coefficient (Wildman–Crippen LogP) is 1.95. The van der Waals surface area contributed by atoms with E-state index in [0.717, 1.165) is 0 Å². The second-order valence-electron chi connectivity index (χ2n) is 2.40. The molecular formula is C8H12F3NO. The van der Waals surface area contributed by atoms with Gasteiger partial charge in [-0.15, -0.1) is 0 Å². The summed E-state index contributed by atoms with van der Waals surface area (Å²) in [6.07, 6.45) is -3.84. The molecule has 0 rings (SSSR count). The number of allylic oxidation sites excluding steroid dienone is 1. The summed E-state index contributed by atoms with van der Waals surface area (Å²) < 4.78 is 35.8. The van der Waals surface area contributed by atoms with Crippen molar-refractivity contribution >= 4 is 5.71 Å². The average molecular weight is 195 g/mol. The van der Waals surface area contributed by atoms with E-state index in [1.54, 1.807) is 6.92 Å². The lowest BCUT2D eigenvalue weighted by molar-refractivity contribution is -0.180. The Balaban J connectivity index is 4.53. The number of alkyl halides is 3. The van der Waals surface area contributed by atoms with E-state index in [-0.39, 0.29) is 5.71 Å². The number of hydrogen-bond acceptors (Lipinski definition) is 2. The number of hydrogen-bond donors (Lipinski definition) is 1. The third-order valence-electron chi connectivity index (χ3n) is 1.37. The molecule has 0 bridgehead atoms. The minimum atomic E-state index is -4.65. The Morgan fingerprint density at radius 1 is 1.54 bits per heavy atom. The zero-order valence-corrected chi connectivity index (χ0v) is 7.47. The van der Waals surface area contributed by atoms with Gasteiger partial charge in [0.1, 0.15) is 0 Å². The summed E-state index contributed by atoms with van der Waals surface area (Å²) in [6.45, 7) is 1.78. The van der Waals surface area contributed by atoms with Gasteiger partial charge in [0.15, 0.2) is 6.10 Å². The molecule has 0 radical (unpaired) electrons. The van der Waals surface area contributed by atoms with Crippen molar-refractivity contribution < 1.29 is 18.3 Å². The molecule has 0 aromatic carbocycles. The lowest BCUT2D eigenvalue weighted by atomic mass is 10.2. The fourth-order valence-electron chi connectivity index (χ4n) is 0.694. The van der Waals surface area contributed by atoms with Crippen molar-refractivity contribution in [1.29, 1.82) is 0 Å². The van der Waals surface area contributed by atoms with Gasteiger partial charge in [-0.2, -0.15) is 13.2 Å². The van der Waals surface area contributed by atoms with Gasteiger partial charge in [-0.05, 0) is 12.5 Å². The molecule has 0 fully saturated rings.